The number of fused-ring (bicyclic) bond motifs is 1. The normalized spacial score (nSPS) is 13.5. The van der Waals surface area contributed by atoms with Gasteiger partial charge in [0.25, 0.3) is 11.5 Å². The van der Waals surface area contributed by atoms with Gasteiger partial charge in [-0.3, -0.25) is 14.0 Å². The SMILES string of the molecule is CCC(C)C(NC(=O)c1cnc2cc(C)ccn2c1=O)C(=O)O. The van der Waals surface area contributed by atoms with E-state index < -0.39 is 23.5 Å². The Labute approximate surface area is 133 Å². The highest BCUT2D eigenvalue weighted by molar-refractivity contribution is 5.96. The van der Waals surface area contributed by atoms with Crippen LogP contribution in [0.4, 0.5) is 0 Å². The summed E-state index contributed by atoms with van der Waals surface area (Å²) in [6.45, 7) is 5.44. The number of nitrogens with one attached hydrogen (secondary N) is 1. The molecule has 0 aliphatic heterocycles. The van der Waals surface area contributed by atoms with Gasteiger partial charge in [-0.1, -0.05) is 20.3 Å². The zero-order valence-corrected chi connectivity index (χ0v) is 13.2. The van der Waals surface area contributed by atoms with Crippen molar-refractivity contribution in [3.05, 3.63) is 46.0 Å². The van der Waals surface area contributed by atoms with E-state index in [0.29, 0.717) is 12.1 Å². The maximum Gasteiger partial charge on any atom is 0.326 e. The van der Waals surface area contributed by atoms with E-state index in [4.69, 9.17) is 0 Å². The molecule has 0 bridgehead atoms. The molecule has 1 amide bonds. The Hall–Kier alpha value is -2.70. The molecule has 2 aromatic heterocycles. The van der Waals surface area contributed by atoms with Gasteiger partial charge in [0.05, 0.1) is 0 Å². The number of carboxylic acid groups (broad SMARTS) is 1. The third kappa shape index (κ3) is 3.39. The molecule has 0 saturated carbocycles. The number of carboxylic acids is 1. The number of pyridine rings is 1. The minimum absolute atomic E-state index is 0.180. The van der Waals surface area contributed by atoms with E-state index in [0.717, 1.165) is 5.56 Å². The number of hydrogen-bond donors (Lipinski definition) is 2. The molecule has 122 valence electrons. The smallest absolute Gasteiger partial charge is 0.326 e. The summed E-state index contributed by atoms with van der Waals surface area (Å²) >= 11 is 0. The first-order valence-electron chi connectivity index (χ1n) is 7.36. The van der Waals surface area contributed by atoms with Crippen molar-refractivity contribution in [1.29, 1.82) is 0 Å². The van der Waals surface area contributed by atoms with Gasteiger partial charge in [-0.05, 0) is 30.5 Å². The quantitative estimate of drug-likeness (QED) is 0.864. The molecular weight excluding hydrogens is 298 g/mol. The Balaban J connectivity index is 2.38. The van der Waals surface area contributed by atoms with Crippen LogP contribution in [0, 0.1) is 12.8 Å². The fourth-order valence-electron chi connectivity index (χ4n) is 2.23. The van der Waals surface area contributed by atoms with Crippen molar-refractivity contribution in [3.63, 3.8) is 0 Å². The van der Waals surface area contributed by atoms with Crippen molar-refractivity contribution in [2.45, 2.75) is 33.2 Å². The molecule has 2 atom stereocenters. The molecule has 2 unspecified atom stereocenters. The largest absolute Gasteiger partial charge is 0.480 e. The van der Waals surface area contributed by atoms with Gasteiger partial charge < -0.3 is 10.4 Å². The molecule has 0 aliphatic carbocycles. The van der Waals surface area contributed by atoms with Crippen LogP contribution >= 0.6 is 0 Å². The number of amides is 1. The second-order valence-electron chi connectivity index (χ2n) is 5.58. The van der Waals surface area contributed by atoms with Crippen LogP contribution in [0.1, 0.15) is 36.2 Å². The van der Waals surface area contributed by atoms with Gasteiger partial charge in [0.1, 0.15) is 17.3 Å². The van der Waals surface area contributed by atoms with Gasteiger partial charge in [0, 0.05) is 12.4 Å². The summed E-state index contributed by atoms with van der Waals surface area (Å²) in [4.78, 5) is 40.1. The van der Waals surface area contributed by atoms with Gasteiger partial charge in [-0.2, -0.15) is 0 Å². The maximum atomic E-state index is 12.4. The summed E-state index contributed by atoms with van der Waals surface area (Å²) in [7, 11) is 0. The van der Waals surface area contributed by atoms with Crippen molar-refractivity contribution in [2.75, 3.05) is 0 Å². The average Bonchev–Trinajstić information content (AvgIpc) is 2.51. The maximum absolute atomic E-state index is 12.4. The molecule has 2 N–H and O–H groups in total. The van der Waals surface area contributed by atoms with Crippen LogP contribution in [0.3, 0.4) is 0 Å². The molecule has 2 rings (SSSR count). The van der Waals surface area contributed by atoms with E-state index in [1.165, 1.54) is 10.6 Å². The van der Waals surface area contributed by atoms with Crippen LogP contribution in [0.2, 0.25) is 0 Å². The van der Waals surface area contributed by atoms with Crippen LogP contribution in [-0.4, -0.2) is 32.4 Å². The lowest BCUT2D eigenvalue weighted by atomic mass is 9.99. The second-order valence-corrected chi connectivity index (χ2v) is 5.58. The lowest BCUT2D eigenvalue weighted by Crippen LogP contribution is -2.46. The summed E-state index contributed by atoms with van der Waals surface area (Å²) in [5, 5.41) is 11.6. The van der Waals surface area contributed by atoms with Crippen LogP contribution in [0.25, 0.3) is 5.65 Å². The van der Waals surface area contributed by atoms with Crippen LogP contribution in [-0.2, 0) is 4.79 Å². The molecule has 23 heavy (non-hydrogen) atoms. The first-order valence-corrected chi connectivity index (χ1v) is 7.36. The fraction of sp³-hybridized carbons (Fsp3) is 0.375. The van der Waals surface area contributed by atoms with Crippen molar-refractivity contribution in [1.82, 2.24) is 14.7 Å². The van der Waals surface area contributed by atoms with Crippen LogP contribution in [0.5, 0.6) is 0 Å². The van der Waals surface area contributed by atoms with Crippen molar-refractivity contribution in [3.8, 4) is 0 Å². The number of rotatable bonds is 5. The molecule has 0 aliphatic rings. The Morgan fingerprint density at radius 3 is 2.74 bits per heavy atom. The highest BCUT2D eigenvalue weighted by Gasteiger charge is 2.27. The molecule has 7 nitrogen and oxygen atoms in total. The first kappa shape index (κ1) is 16.7. The lowest BCUT2D eigenvalue weighted by Gasteiger charge is -2.19. The van der Waals surface area contributed by atoms with E-state index in [1.54, 1.807) is 25.3 Å². The molecule has 0 spiro atoms. The molecule has 0 fully saturated rings. The van der Waals surface area contributed by atoms with Gasteiger partial charge in [-0.25, -0.2) is 9.78 Å². The predicted octanol–water partition coefficient (Wildman–Crippen LogP) is 1.23. The molecular formula is C16H19N3O4. The van der Waals surface area contributed by atoms with E-state index in [-0.39, 0.29) is 11.5 Å². The highest BCUT2D eigenvalue weighted by Crippen LogP contribution is 2.09. The fourth-order valence-corrected chi connectivity index (χ4v) is 2.23. The third-order valence-electron chi connectivity index (χ3n) is 3.88. The molecule has 0 aromatic carbocycles. The number of aromatic nitrogens is 2. The van der Waals surface area contributed by atoms with Gasteiger partial charge in [0.15, 0.2) is 0 Å². The molecule has 2 aromatic rings. The van der Waals surface area contributed by atoms with Crippen molar-refractivity contribution < 1.29 is 14.7 Å². The second kappa shape index (κ2) is 6.60. The van der Waals surface area contributed by atoms with Gasteiger partial charge in [-0.15, -0.1) is 0 Å². The number of nitrogens with zero attached hydrogens (tertiary/aromatic N) is 2. The molecule has 2 heterocycles. The summed E-state index contributed by atoms with van der Waals surface area (Å²) < 4.78 is 1.26. The number of carbonyl (C=O) groups excluding carboxylic acids is 1. The zero-order chi connectivity index (χ0) is 17.1. The Morgan fingerprint density at radius 2 is 2.13 bits per heavy atom. The van der Waals surface area contributed by atoms with Gasteiger partial charge >= 0.3 is 5.97 Å². The number of carbonyl (C=O) groups is 2. The summed E-state index contributed by atoms with van der Waals surface area (Å²) in [6.07, 6.45) is 3.31. The minimum Gasteiger partial charge on any atom is -0.480 e. The average molecular weight is 317 g/mol. The van der Waals surface area contributed by atoms with E-state index in [2.05, 4.69) is 10.3 Å². The summed E-state index contributed by atoms with van der Waals surface area (Å²) in [5.74, 6) is -2.11. The molecule has 0 saturated heterocycles. The van der Waals surface area contributed by atoms with Crippen molar-refractivity contribution in [2.24, 2.45) is 5.92 Å². The van der Waals surface area contributed by atoms with Crippen LogP contribution < -0.4 is 10.9 Å². The Bertz CT molecular complexity index is 813. The Morgan fingerprint density at radius 1 is 1.43 bits per heavy atom. The van der Waals surface area contributed by atoms with E-state index in [9.17, 15) is 19.5 Å². The van der Waals surface area contributed by atoms with E-state index in [1.807, 2.05) is 13.8 Å². The number of aliphatic carboxylic acids is 1. The lowest BCUT2D eigenvalue weighted by molar-refractivity contribution is -0.140. The Kier molecular flexibility index (Phi) is 4.78. The number of aryl methyl sites for hydroxylation is 1. The molecule has 7 heteroatoms. The van der Waals surface area contributed by atoms with Crippen LogP contribution in [0.15, 0.2) is 29.3 Å². The third-order valence-corrected chi connectivity index (χ3v) is 3.88. The van der Waals surface area contributed by atoms with E-state index >= 15 is 0 Å². The minimum atomic E-state index is -1.13. The topological polar surface area (TPSA) is 101 Å². The highest BCUT2D eigenvalue weighted by atomic mass is 16.4. The monoisotopic (exact) mass is 317 g/mol. The summed E-state index contributed by atoms with van der Waals surface area (Å²) in [6, 6.07) is 2.41. The summed E-state index contributed by atoms with van der Waals surface area (Å²) in [5.41, 5.74) is 0.668. The predicted molar refractivity (Wildman–Crippen MR) is 84.5 cm³/mol. The number of hydrogen-bond acceptors (Lipinski definition) is 4. The first-order chi connectivity index (χ1) is 10.8. The zero-order valence-electron chi connectivity index (χ0n) is 13.2. The van der Waals surface area contributed by atoms with Gasteiger partial charge in [0.2, 0.25) is 0 Å². The standard InChI is InChI=1S/C16H19N3O4/c1-4-10(3)13(16(22)23)18-14(20)11-8-17-12-7-9(2)5-6-19(12)15(11)21/h5-8,10,13H,4H2,1-3H3,(H,18,20)(H,22,23). The van der Waals surface area contributed by atoms with Crippen molar-refractivity contribution >= 4 is 17.5 Å². The molecule has 0 radical (unpaired) electrons.